The van der Waals surface area contributed by atoms with Crippen LogP contribution in [-0.2, 0) is 37.5 Å². The third-order valence-electron chi connectivity index (χ3n) is 5.76. The number of benzene rings is 1. The monoisotopic (exact) mass is 431 g/mol. The SMILES string of the molecule is [C-]#[N+]c1cc(C)c(NC(=O)C(CCC)[N+]2(CC)CCCCC2)c(C)c1.[Y]. The van der Waals surface area contributed by atoms with E-state index < -0.39 is 0 Å². The van der Waals surface area contributed by atoms with Crippen LogP contribution in [0.3, 0.4) is 0 Å². The molecule has 139 valence electrons. The van der Waals surface area contributed by atoms with Crippen LogP contribution in [0.2, 0.25) is 0 Å². The van der Waals surface area contributed by atoms with Crippen molar-refractivity contribution in [2.75, 3.05) is 25.0 Å². The number of rotatable bonds is 6. The maximum absolute atomic E-state index is 13.2. The molecule has 1 aromatic rings. The van der Waals surface area contributed by atoms with Crippen molar-refractivity contribution >= 4 is 17.3 Å². The van der Waals surface area contributed by atoms with E-state index in [1.807, 2.05) is 26.0 Å². The van der Waals surface area contributed by atoms with Crippen molar-refractivity contribution in [1.29, 1.82) is 0 Å². The molecule has 4 nitrogen and oxygen atoms in total. The van der Waals surface area contributed by atoms with Gasteiger partial charge in [0.15, 0.2) is 11.7 Å². The molecule has 1 saturated heterocycles. The van der Waals surface area contributed by atoms with Gasteiger partial charge in [0.2, 0.25) is 0 Å². The number of carbonyl (C=O) groups excluding carboxylic acids is 1. The Bertz CT molecular complexity index is 637. The Hall–Kier alpha value is -0.756. The Balaban J connectivity index is 0.00000338. The summed E-state index contributed by atoms with van der Waals surface area (Å²) in [5.41, 5.74) is 3.45. The first kappa shape index (κ1) is 23.3. The maximum atomic E-state index is 13.2. The van der Waals surface area contributed by atoms with Crippen molar-refractivity contribution < 1.29 is 42.0 Å². The first-order valence-corrected chi connectivity index (χ1v) is 9.62. The molecular weight excluding hydrogens is 399 g/mol. The number of piperidine rings is 1. The molecule has 0 aromatic heterocycles. The normalized spacial score (nSPS) is 16.9. The van der Waals surface area contributed by atoms with Crippen LogP contribution in [0.15, 0.2) is 12.1 Å². The average Bonchev–Trinajstić information content (AvgIpc) is 2.62. The number of carbonyl (C=O) groups is 1. The molecule has 1 heterocycles. The molecule has 1 aliphatic heterocycles. The van der Waals surface area contributed by atoms with Gasteiger partial charge < -0.3 is 9.80 Å². The molecule has 1 atom stereocenters. The number of likely N-dealkylation sites (N-methyl/N-ethyl adjacent to an activating group) is 1. The van der Waals surface area contributed by atoms with E-state index in [0.717, 1.165) is 53.8 Å². The van der Waals surface area contributed by atoms with Gasteiger partial charge in [-0.25, -0.2) is 4.85 Å². The van der Waals surface area contributed by atoms with Gasteiger partial charge in [0.1, 0.15) is 0 Å². The zero-order valence-corrected chi connectivity index (χ0v) is 19.6. The number of amides is 1. The van der Waals surface area contributed by atoms with E-state index in [9.17, 15) is 4.79 Å². The van der Waals surface area contributed by atoms with Crippen molar-refractivity contribution in [1.82, 2.24) is 0 Å². The van der Waals surface area contributed by atoms with Gasteiger partial charge in [-0.2, -0.15) is 0 Å². The average molecular weight is 431 g/mol. The largest absolute Gasteiger partial charge is 0.321 e. The van der Waals surface area contributed by atoms with Gasteiger partial charge in [-0.15, -0.1) is 0 Å². The summed E-state index contributed by atoms with van der Waals surface area (Å²) in [7, 11) is 0. The van der Waals surface area contributed by atoms with Crippen molar-refractivity contribution in [3.8, 4) is 0 Å². The molecule has 1 fully saturated rings. The number of aryl methyl sites for hydroxylation is 2. The summed E-state index contributed by atoms with van der Waals surface area (Å²) in [6.45, 7) is 18.8. The third-order valence-corrected chi connectivity index (χ3v) is 5.76. The predicted octanol–water partition coefficient (Wildman–Crippen LogP) is 4.98. The predicted molar refractivity (Wildman–Crippen MR) is 104 cm³/mol. The van der Waals surface area contributed by atoms with E-state index in [-0.39, 0.29) is 44.7 Å². The fourth-order valence-electron chi connectivity index (χ4n) is 4.33. The zero-order valence-electron chi connectivity index (χ0n) is 16.8. The molecule has 5 heteroatoms. The van der Waals surface area contributed by atoms with Gasteiger partial charge in [-0.3, -0.25) is 4.79 Å². The number of hydrogen-bond donors (Lipinski definition) is 1. The van der Waals surface area contributed by atoms with E-state index >= 15 is 0 Å². The van der Waals surface area contributed by atoms with E-state index in [0.29, 0.717) is 5.69 Å². The summed E-state index contributed by atoms with van der Waals surface area (Å²) < 4.78 is 0.928. The summed E-state index contributed by atoms with van der Waals surface area (Å²) >= 11 is 0. The number of anilines is 1. The summed E-state index contributed by atoms with van der Waals surface area (Å²) in [5.74, 6) is 0.146. The Kier molecular flexibility index (Phi) is 9.44. The van der Waals surface area contributed by atoms with Crippen molar-refractivity contribution in [3.63, 3.8) is 0 Å². The van der Waals surface area contributed by atoms with Crippen molar-refractivity contribution in [3.05, 3.63) is 34.7 Å². The smallest absolute Gasteiger partial charge is 0.282 e. The van der Waals surface area contributed by atoms with Gasteiger partial charge in [0, 0.05) is 44.8 Å². The van der Waals surface area contributed by atoms with E-state index in [1.54, 1.807) is 0 Å². The molecule has 0 saturated carbocycles. The summed E-state index contributed by atoms with van der Waals surface area (Å²) in [4.78, 5) is 16.7. The second kappa shape index (κ2) is 10.5. The first-order chi connectivity index (χ1) is 12.0. The van der Waals surface area contributed by atoms with E-state index in [4.69, 9.17) is 6.57 Å². The van der Waals surface area contributed by atoms with Crippen molar-refractivity contribution in [2.24, 2.45) is 0 Å². The summed E-state index contributed by atoms with van der Waals surface area (Å²) in [6.07, 6.45) is 5.68. The molecule has 1 unspecified atom stereocenters. The second-order valence-electron chi connectivity index (χ2n) is 7.40. The van der Waals surface area contributed by atoms with E-state index in [1.165, 1.54) is 19.3 Å². The summed E-state index contributed by atoms with van der Waals surface area (Å²) in [5, 5.41) is 3.21. The minimum Gasteiger partial charge on any atom is -0.321 e. The molecule has 0 spiro atoms. The quantitative estimate of drug-likeness (QED) is 0.500. The minimum atomic E-state index is 0. The van der Waals surface area contributed by atoms with Gasteiger partial charge in [-0.1, -0.05) is 19.1 Å². The second-order valence-corrected chi connectivity index (χ2v) is 7.40. The van der Waals surface area contributed by atoms with Crippen LogP contribution in [-0.4, -0.2) is 36.1 Å². The fourth-order valence-corrected chi connectivity index (χ4v) is 4.33. The molecular formula is C21H32N3OY+. The van der Waals surface area contributed by atoms with Crippen LogP contribution in [0.5, 0.6) is 0 Å². The topological polar surface area (TPSA) is 33.5 Å². The minimum absolute atomic E-state index is 0. The van der Waals surface area contributed by atoms with Crippen LogP contribution < -0.4 is 5.32 Å². The Morgan fingerprint density at radius 2 is 1.77 bits per heavy atom. The molecule has 1 aromatic carbocycles. The van der Waals surface area contributed by atoms with Gasteiger partial charge in [-0.05, 0) is 57.6 Å². The zero-order chi connectivity index (χ0) is 18.4. The van der Waals surface area contributed by atoms with Crippen LogP contribution in [0.1, 0.15) is 57.1 Å². The molecule has 26 heavy (non-hydrogen) atoms. The van der Waals surface area contributed by atoms with Crippen LogP contribution in [0.4, 0.5) is 11.4 Å². The number of likely N-dealkylation sites (tertiary alicyclic amines) is 1. The van der Waals surface area contributed by atoms with E-state index in [2.05, 4.69) is 24.0 Å². The molecule has 0 bridgehead atoms. The standard InChI is InChI=1S/C21H31N3O.Y/c1-6-11-19(24(7-2)12-9-8-10-13-24)21(25)23-20-16(3)14-18(22-5)15-17(20)4;/h14-15,19H,6-13H2,1-4H3;/p+1. The van der Waals surface area contributed by atoms with Crippen LogP contribution in [0.25, 0.3) is 4.85 Å². The first-order valence-electron chi connectivity index (χ1n) is 9.62. The molecule has 2 rings (SSSR count). The molecule has 1 amide bonds. The third kappa shape index (κ3) is 5.15. The number of hydrogen-bond acceptors (Lipinski definition) is 1. The van der Waals surface area contributed by atoms with Crippen molar-refractivity contribution in [2.45, 2.75) is 65.8 Å². The molecule has 1 aliphatic rings. The van der Waals surface area contributed by atoms with Crippen LogP contribution in [0, 0.1) is 20.4 Å². The number of nitrogens with one attached hydrogen (secondary N) is 1. The van der Waals surface area contributed by atoms with Crippen LogP contribution >= 0.6 is 0 Å². The Labute approximate surface area is 184 Å². The fraction of sp³-hybridized carbons (Fsp3) is 0.619. The van der Waals surface area contributed by atoms with Gasteiger partial charge in [0.05, 0.1) is 26.2 Å². The maximum Gasteiger partial charge on any atom is 0.282 e. The molecule has 1 N–H and O–H groups in total. The molecule has 1 radical (unpaired) electrons. The van der Waals surface area contributed by atoms with Gasteiger partial charge in [0.25, 0.3) is 5.91 Å². The van der Waals surface area contributed by atoms with Gasteiger partial charge >= 0.3 is 0 Å². The Morgan fingerprint density at radius 3 is 2.23 bits per heavy atom. The number of quaternary nitrogens is 1. The number of nitrogens with zero attached hydrogens (tertiary/aromatic N) is 2. The Morgan fingerprint density at radius 1 is 1.19 bits per heavy atom. The molecule has 0 aliphatic carbocycles. The summed E-state index contributed by atoms with van der Waals surface area (Å²) in [6, 6.07) is 3.74.